The number of halogens is 1. The van der Waals surface area contributed by atoms with Gasteiger partial charge < -0.3 is 10.8 Å². The highest BCUT2D eigenvalue weighted by atomic mass is 35.5. The summed E-state index contributed by atoms with van der Waals surface area (Å²) < 4.78 is 0. The van der Waals surface area contributed by atoms with Crippen LogP contribution < -0.4 is 5.73 Å². The molecule has 1 atom stereocenters. The van der Waals surface area contributed by atoms with E-state index in [4.69, 9.17) is 22.4 Å². The lowest BCUT2D eigenvalue weighted by Crippen LogP contribution is -2.03. The maximum atomic E-state index is 10.5. The Labute approximate surface area is 87.5 Å². The average Bonchev–Trinajstić information content (AvgIpc) is 2.08. The number of nitrogens with two attached hydrogens (primary N) is 1. The fourth-order valence-corrected chi connectivity index (χ4v) is 1.37. The highest BCUT2D eigenvalue weighted by Gasteiger charge is 2.10. The van der Waals surface area contributed by atoms with Crippen LogP contribution in [-0.4, -0.2) is 11.1 Å². The van der Waals surface area contributed by atoms with Gasteiger partial charge in [0.05, 0.1) is 17.1 Å². The minimum absolute atomic E-state index is 0.0490. The lowest BCUT2D eigenvalue weighted by molar-refractivity contribution is -0.137. The number of aliphatic carboxylic acids is 1. The van der Waals surface area contributed by atoms with Crippen molar-refractivity contribution < 1.29 is 9.90 Å². The molecule has 0 radical (unpaired) electrons. The second-order valence-electron chi connectivity index (χ2n) is 3.28. The minimum atomic E-state index is -0.814. The van der Waals surface area contributed by atoms with Gasteiger partial charge in [0, 0.05) is 0 Å². The molecule has 1 rings (SSSR count). The van der Waals surface area contributed by atoms with Gasteiger partial charge in [0.25, 0.3) is 0 Å². The molecule has 0 saturated heterocycles. The van der Waals surface area contributed by atoms with E-state index in [1.807, 2.05) is 6.92 Å². The summed E-state index contributed by atoms with van der Waals surface area (Å²) in [6.07, 6.45) is 0.0983. The molecule has 0 aliphatic carbocycles. The molecule has 4 heteroatoms. The van der Waals surface area contributed by atoms with Crippen LogP contribution in [0.3, 0.4) is 0 Å². The van der Waals surface area contributed by atoms with Gasteiger partial charge in [-0.1, -0.05) is 24.6 Å². The molecule has 3 N–H and O–H groups in total. The van der Waals surface area contributed by atoms with E-state index in [1.54, 1.807) is 18.2 Å². The number of carbonyl (C=O) groups is 1. The zero-order chi connectivity index (χ0) is 10.7. The molecular formula is C10H12ClNO2. The van der Waals surface area contributed by atoms with Crippen molar-refractivity contribution in [3.05, 3.63) is 28.8 Å². The van der Waals surface area contributed by atoms with E-state index in [0.29, 0.717) is 10.7 Å². The Morgan fingerprint density at radius 2 is 2.29 bits per heavy atom. The summed E-state index contributed by atoms with van der Waals surface area (Å²) in [6.45, 7) is 1.84. The minimum Gasteiger partial charge on any atom is -0.481 e. The van der Waals surface area contributed by atoms with E-state index in [1.165, 1.54) is 0 Å². The third kappa shape index (κ3) is 2.64. The van der Waals surface area contributed by atoms with Gasteiger partial charge in [-0.3, -0.25) is 4.79 Å². The molecular weight excluding hydrogens is 202 g/mol. The Balaban J connectivity index is 2.85. The van der Waals surface area contributed by atoms with Gasteiger partial charge in [0.1, 0.15) is 0 Å². The molecule has 0 spiro atoms. The highest BCUT2D eigenvalue weighted by Crippen LogP contribution is 2.25. The van der Waals surface area contributed by atoms with Crippen molar-refractivity contribution in [1.29, 1.82) is 0 Å². The van der Waals surface area contributed by atoms with Crippen molar-refractivity contribution in [3.63, 3.8) is 0 Å². The van der Waals surface area contributed by atoms with E-state index in [0.717, 1.165) is 5.56 Å². The number of carboxylic acids is 1. The van der Waals surface area contributed by atoms with Crippen molar-refractivity contribution in [2.75, 3.05) is 5.73 Å². The van der Waals surface area contributed by atoms with Crippen LogP contribution in [0.4, 0.5) is 5.69 Å². The van der Waals surface area contributed by atoms with Crippen molar-refractivity contribution >= 4 is 23.3 Å². The topological polar surface area (TPSA) is 63.3 Å². The number of hydrogen-bond donors (Lipinski definition) is 2. The maximum Gasteiger partial charge on any atom is 0.303 e. The van der Waals surface area contributed by atoms with Gasteiger partial charge in [-0.15, -0.1) is 0 Å². The van der Waals surface area contributed by atoms with Gasteiger partial charge in [-0.2, -0.15) is 0 Å². The fourth-order valence-electron chi connectivity index (χ4n) is 1.25. The van der Waals surface area contributed by atoms with Gasteiger partial charge in [0.2, 0.25) is 0 Å². The molecule has 76 valence electrons. The normalized spacial score (nSPS) is 12.4. The first-order valence-corrected chi connectivity index (χ1v) is 4.65. The van der Waals surface area contributed by atoms with E-state index in [-0.39, 0.29) is 12.3 Å². The van der Waals surface area contributed by atoms with E-state index in [9.17, 15) is 4.79 Å². The predicted octanol–water partition coefficient (Wildman–Crippen LogP) is 2.50. The van der Waals surface area contributed by atoms with Crippen LogP contribution in [0.15, 0.2) is 18.2 Å². The molecule has 0 fully saturated rings. The molecule has 14 heavy (non-hydrogen) atoms. The molecule has 3 nitrogen and oxygen atoms in total. The third-order valence-electron chi connectivity index (χ3n) is 2.07. The second kappa shape index (κ2) is 4.33. The van der Waals surface area contributed by atoms with Crippen LogP contribution in [0, 0.1) is 0 Å². The summed E-state index contributed by atoms with van der Waals surface area (Å²) in [4.78, 5) is 10.5. The van der Waals surface area contributed by atoms with Crippen LogP contribution in [0.2, 0.25) is 5.02 Å². The van der Waals surface area contributed by atoms with Gasteiger partial charge in [0.15, 0.2) is 0 Å². The Morgan fingerprint density at radius 3 is 2.79 bits per heavy atom. The van der Waals surface area contributed by atoms with Crippen molar-refractivity contribution in [2.24, 2.45) is 0 Å². The molecule has 0 aliphatic heterocycles. The van der Waals surface area contributed by atoms with Crippen LogP contribution in [0.1, 0.15) is 24.8 Å². The number of nitrogen functional groups attached to an aromatic ring is 1. The lowest BCUT2D eigenvalue weighted by Gasteiger charge is -2.10. The molecule has 0 saturated carbocycles. The first kappa shape index (κ1) is 10.9. The summed E-state index contributed by atoms with van der Waals surface area (Å²) in [7, 11) is 0. The van der Waals surface area contributed by atoms with Crippen LogP contribution in [0.25, 0.3) is 0 Å². The molecule has 0 amide bonds. The molecule has 1 unspecified atom stereocenters. The molecule has 0 heterocycles. The standard InChI is InChI=1S/C10H12ClNO2/c1-6(4-10(13)14)7-2-3-8(11)9(12)5-7/h2-3,5-6H,4,12H2,1H3,(H,13,14). The highest BCUT2D eigenvalue weighted by molar-refractivity contribution is 6.33. The quantitative estimate of drug-likeness (QED) is 0.759. The monoisotopic (exact) mass is 213 g/mol. The first-order chi connectivity index (χ1) is 6.50. The van der Waals surface area contributed by atoms with Crippen molar-refractivity contribution in [2.45, 2.75) is 19.3 Å². The summed E-state index contributed by atoms with van der Waals surface area (Å²) in [6, 6.07) is 5.20. The summed E-state index contributed by atoms with van der Waals surface area (Å²) >= 11 is 5.75. The summed E-state index contributed by atoms with van der Waals surface area (Å²) in [5.74, 6) is -0.863. The SMILES string of the molecule is CC(CC(=O)O)c1ccc(Cl)c(N)c1. The van der Waals surface area contributed by atoms with E-state index in [2.05, 4.69) is 0 Å². The Kier molecular flexibility index (Phi) is 3.36. The largest absolute Gasteiger partial charge is 0.481 e. The Morgan fingerprint density at radius 1 is 1.64 bits per heavy atom. The number of hydrogen-bond acceptors (Lipinski definition) is 2. The Bertz CT molecular complexity index is 352. The van der Waals surface area contributed by atoms with Gasteiger partial charge >= 0.3 is 5.97 Å². The smallest absolute Gasteiger partial charge is 0.303 e. The van der Waals surface area contributed by atoms with Gasteiger partial charge in [-0.25, -0.2) is 0 Å². The van der Waals surface area contributed by atoms with Gasteiger partial charge in [-0.05, 0) is 23.6 Å². The average molecular weight is 214 g/mol. The number of benzene rings is 1. The molecule has 0 aromatic heterocycles. The van der Waals surface area contributed by atoms with Crippen LogP contribution in [-0.2, 0) is 4.79 Å². The number of anilines is 1. The molecule has 1 aromatic rings. The summed E-state index contributed by atoms with van der Waals surface area (Å²) in [5.41, 5.74) is 6.99. The molecule has 0 aliphatic rings. The fraction of sp³-hybridized carbons (Fsp3) is 0.300. The van der Waals surface area contributed by atoms with Crippen molar-refractivity contribution in [1.82, 2.24) is 0 Å². The number of rotatable bonds is 3. The zero-order valence-electron chi connectivity index (χ0n) is 7.83. The molecule has 0 bridgehead atoms. The Hall–Kier alpha value is -1.22. The second-order valence-corrected chi connectivity index (χ2v) is 3.69. The lowest BCUT2D eigenvalue weighted by atomic mass is 9.97. The van der Waals surface area contributed by atoms with E-state index < -0.39 is 5.97 Å². The van der Waals surface area contributed by atoms with E-state index >= 15 is 0 Å². The zero-order valence-corrected chi connectivity index (χ0v) is 8.58. The summed E-state index contributed by atoms with van der Waals surface area (Å²) in [5, 5.41) is 9.11. The predicted molar refractivity (Wildman–Crippen MR) is 56.5 cm³/mol. The van der Waals surface area contributed by atoms with Crippen LogP contribution >= 0.6 is 11.6 Å². The molecule has 1 aromatic carbocycles. The van der Waals surface area contributed by atoms with Crippen molar-refractivity contribution in [3.8, 4) is 0 Å². The van der Waals surface area contributed by atoms with Crippen LogP contribution in [0.5, 0.6) is 0 Å². The third-order valence-corrected chi connectivity index (χ3v) is 2.41. The first-order valence-electron chi connectivity index (χ1n) is 4.27. The number of carboxylic acid groups (broad SMARTS) is 1. The maximum absolute atomic E-state index is 10.5.